The predicted molar refractivity (Wildman–Crippen MR) is 64.3 cm³/mol. The summed E-state index contributed by atoms with van der Waals surface area (Å²) in [6.45, 7) is 0.540. The second kappa shape index (κ2) is 5.96. The fraction of sp³-hybridized carbons (Fsp3) is 0.385. The standard InChI is InChI=1S/C13H13F2NO4/c14-9-3-8(4-10(15)5-9)13(19)16-1-2-20-11(7-16)6-12(17)18/h3-5,11H,1-2,6-7H2,(H,17,18). The van der Waals surface area contributed by atoms with Gasteiger partial charge in [0.2, 0.25) is 0 Å². The van der Waals surface area contributed by atoms with Crippen molar-refractivity contribution in [2.45, 2.75) is 12.5 Å². The number of carboxylic acid groups (broad SMARTS) is 1. The van der Waals surface area contributed by atoms with E-state index in [1.54, 1.807) is 0 Å². The molecule has 0 radical (unpaired) electrons. The zero-order valence-corrected chi connectivity index (χ0v) is 10.5. The normalized spacial score (nSPS) is 18.9. The molecule has 1 fully saturated rings. The monoisotopic (exact) mass is 285 g/mol. The highest BCUT2D eigenvalue weighted by Crippen LogP contribution is 2.15. The van der Waals surface area contributed by atoms with E-state index in [0.717, 1.165) is 12.1 Å². The van der Waals surface area contributed by atoms with E-state index in [2.05, 4.69) is 0 Å². The minimum atomic E-state index is -1.03. The summed E-state index contributed by atoms with van der Waals surface area (Å²) in [4.78, 5) is 24.1. The van der Waals surface area contributed by atoms with Crippen LogP contribution in [0.1, 0.15) is 16.8 Å². The Labute approximate surface area is 113 Å². The molecule has 1 saturated heterocycles. The fourth-order valence-corrected chi connectivity index (χ4v) is 2.08. The SMILES string of the molecule is O=C(O)CC1CN(C(=O)c2cc(F)cc(F)c2)CCO1. The van der Waals surface area contributed by atoms with Crippen molar-refractivity contribution in [1.29, 1.82) is 0 Å². The molecule has 1 unspecified atom stereocenters. The number of hydrogen-bond acceptors (Lipinski definition) is 3. The molecule has 1 aromatic carbocycles. The Morgan fingerprint density at radius 3 is 2.55 bits per heavy atom. The van der Waals surface area contributed by atoms with Gasteiger partial charge in [-0.3, -0.25) is 9.59 Å². The maximum atomic E-state index is 13.1. The van der Waals surface area contributed by atoms with Crippen LogP contribution in [0.5, 0.6) is 0 Å². The Bertz CT molecular complexity index is 515. The number of aliphatic carboxylic acids is 1. The number of morpholine rings is 1. The van der Waals surface area contributed by atoms with Crippen molar-refractivity contribution in [2.75, 3.05) is 19.7 Å². The number of halogens is 2. The van der Waals surface area contributed by atoms with E-state index in [0.29, 0.717) is 6.07 Å². The minimum absolute atomic E-state index is 0.0866. The van der Waals surface area contributed by atoms with Crippen molar-refractivity contribution >= 4 is 11.9 Å². The van der Waals surface area contributed by atoms with Crippen molar-refractivity contribution in [2.24, 2.45) is 0 Å². The van der Waals surface area contributed by atoms with Crippen LogP contribution in [0.3, 0.4) is 0 Å². The van der Waals surface area contributed by atoms with Crippen LogP contribution in [-0.4, -0.2) is 47.7 Å². The van der Waals surface area contributed by atoms with Gasteiger partial charge in [0.15, 0.2) is 0 Å². The highest BCUT2D eigenvalue weighted by molar-refractivity contribution is 5.94. The summed E-state index contributed by atoms with van der Waals surface area (Å²) in [6, 6.07) is 2.59. The van der Waals surface area contributed by atoms with Gasteiger partial charge in [-0.2, -0.15) is 0 Å². The maximum Gasteiger partial charge on any atom is 0.306 e. The molecule has 0 bridgehead atoms. The summed E-state index contributed by atoms with van der Waals surface area (Å²) < 4.78 is 31.4. The summed E-state index contributed by atoms with van der Waals surface area (Å²) in [5.41, 5.74) is -0.0986. The predicted octanol–water partition coefficient (Wildman–Crippen LogP) is 1.28. The molecule has 0 aliphatic carbocycles. The number of ether oxygens (including phenoxy) is 1. The molecule has 1 amide bonds. The zero-order chi connectivity index (χ0) is 14.7. The van der Waals surface area contributed by atoms with E-state index < -0.39 is 29.6 Å². The van der Waals surface area contributed by atoms with Crippen molar-refractivity contribution in [3.05, 3.63) is 35.4 Å². The molecule has 1 atom stereocenters. The number of nitrogens with zero attached hydrogens (tertiary/aromatic N) is 1. The van der Waals surface area contributed by atoms with Gasteiger partial charge in [0.25, 0.3) is 5.91 Å². The maximum absolute atomic E-state index is 13.1. The molecule has 7 heteroatoms. The van der Waals surface area contributed by atoms with Crippen LogP contribution in [0.4, 0.5) is 8.78 Å². The van der Waals surface area contributed by atoms with E-state index in [9.17, 15) is 18.4 Å². The van der Waals surface area contributed by atoms with Crippen molar-refractivity contribution < 1.29 is 28.2 Å². The number of benzene rings is 1. The van der Waals surface area contributed by atoms with Crippen LogP contribution in [0.2, 0.25) is 0 Å². The van der Waals surface area contributed by atoms with Crippen LogP contribution in [0.15, 0.2) is 18.2 Å². The number of carbonyl (C=O) groups excluding carboxylic acids is 1. The smallest absolute Gasteiger partial charge is 0.306 e. The van der Waals surface area contributed by atoms with Crippen LogP contribution >= 0.6 is 0 Å². The molecule has 1 aliphatic rings. The van der Waals surface area contributed by atoms with Gasteiger partial charge in [-0.15, -0.1) is 0 Å². The van der Waals surface area contributed by atoms with Crippen molar-refractivity contribution in [3.63, 3.8) is 0 Å². The molecule has 1 aliphatic heterocycles. The summed E-state index contributed by atoms with van der Waals surface area (Å²) >= 11 is 0. The van der Waals surface area contributed by atoms with E-state index in [-0.39, 0.29) is 31.7 Å². The number of carboxylic acids is 1. The molecule has 108 valence electrons. The third-order valence-corrected chi connectivity index (χ3v) is 2.94. The van der Waals surface area contributed by atoms with Gasteiger partial charge in [0.1, 0.15) is 11.6 Å². The summed E-state index contributed by atoms with van der Waals surface area (Å²) in [6.07, 6.45) is -0.829. The Hall–Kier alpha value is -2.02. The molecule has 1 N–H and O–H groups in total. The Balaban J connectivity index is 2.10. The lowest BCUT2D eigenvalue weighted by Gasteiger charge is -2.32. The highest BCUT2D eigenvalue weighted by Gasteiger charge is 2.27. The van der Waals surface area contributed by atoms with Crippen molar-refractivity contribution in [3.8, 4) is 0 Å². The molecular formula is C13H13F2NO4. The van der Waals surface area contributed by atoms with Gasteiger partial charge in [-0.25, -0.2) is 8.78 Å². The molecule has 1 heterocycles. The van der Waals surface area contributed by atoms with Gasteiger partial charge in [0.05, 0.1) is 19.1 Å². The summed E-state index contributed by atoms with van der Waals surface area (Å²) in [5, 5.41) is 8.70. The van der Waals surface area contributed by atoms with Crippen molar-refractivity contribution in [1.82, 2.24) is 4.90 Å². The third-order valence-electron chi connectivity index (χ3n) is 2.94. The Morgan fingerprint density at radius 1 is 1.30 bits per heavy atom. The first kappa shape index (κ1) is 14.4. The second-order valence-corrected chi connectivity index (χ2v) is 4.50. The van der Waals surface area contributed by atoms with Gasteiger partial charge >= 0.3 is 5.97 Å². The molecule has 1 aromatic rings. The number of rotatable bonds is 3. The second-order valence-electron chi connectivity index (χ2n) is 4.50. The Morgan fingerprint density at radius 2 is 1.95 bits per heavy atom. The fourth-order valence-electron chi connectivity index (χ4n) is 2.08. The molecule has 0 saturated carbocycles. The quantitative estimate of drug-likeness (QED) is 0.908. The molecule has 0 aromatic heterocycles. The first-order valence-electron chi connectivity index (χ1n) is 6.04. The van der Waals surface area contributed by atoms with Gasteiger partial charge in [-0.1, -0.05) is 0 Å². The topological polar surface area (TPSA) is 66.8 Å². The summed E-state index contributed by atoms with van der Waals surface area (Å²) in [7, 11) is 0. The van der Waals surface area contributed by atoms with E-state index in [4.69, 9.17) is 9.84 Å². The first-order chi connectivity index (χ1) is 9.45. The number of amides is 1. The van der Waals surface area contributed by atoms with Gasteiger partial charge < -0.3 is 14.7 Å². The van der Waals surface area contributed by atoms with Gasteiger partial charge in [-0.05, 0) is 12.1 Å². The molecule has 2 rings (SSSR count). The van der Waals surface area contributed by atoms with Gasteiger partial charge in [0, 0.05) is 24.7 Å². The lowest BCUT2D eigenvalue weighted by molar-refractivity contribution is -0.141. The van der Waals surface area contributed by atoms with Crippen LogP contribution in [0.25, 0.3) is 0 Å². The lowest BCUT2D eigenvalue weighted by Crippen LogP contribution is -2.46. The summed E-state index contributed by atoms with van der Waals surface area (Å²) in [5.74, 6) is -3.23. The minimum Gasteiger partial charge on any atom is -0.481 e. The average molecular weight is 285 g/mol. The van der Waals surface area contributed by atoms with E-state index in [1.165, 1.54) is 4.90 Å². The molecular weight excluding hydrogens is 272 g/mol. The molecule has 5 nitrogen and oxygen atoms in total. The van der Waals surface area contributed by atoms with Crippen LogP contribution in [0, 0.1) is 11.6 Å². The number of carbonyl (C=O) groups is 2. The average Bonchev–Trinajstić information content (AvgIpc) is 2.36. The largest absolute Gasteiger partial charge is 0.481 e. The third kappa shape index (κ3) is 3.51. The Kier molecular flexibility index (Phi) is 4.29. The number of hydrogen-bond donors (Lipinski definition) is 1. The lowest BCUT2D eigenvalue weighted by atomic mass is 10.1. The zero-order valence-electron chi connectivity index (χ0n) is 10.5. The van der Waals surface area contributed by atoms with E-state index >= 15 is 0 Å². The molecule has 20 heavy (non-hydrogen) atoms. The highest BCUT2D eigenvalue weighted by atomic mass is 19.1. The van der Waals surface area contributed by atoms with Crippen LogP contribution < -0.4 is 0 Å². The molecule has 0 spiro atoms. The first-order valence-corrected chi connectivity index (χ1v) is 6.04. The van der Waals surface area contributed by atoms with E-state index in [1.807, 2.05) is 0 Å². The van der Waals surface area contributed by atoms with Crippen LogP contribution in [-0.2, 0) is 9.53 Å².